The molecule has 0 saturated heterocycles. The number of pyridine rings is 1. The summed E-state index contributed by atoms with van der Waals surface area (Å²) in [5.74, 6) is 1.62. The van der Waals surface area contributed by atoms with Crippen LogP contribution in [-0.2, 0) is 5.41 Å². The minimum atomic E-state index is -0.608. The molecule has 5 heteroatoms. The zero-order chi connectivity index (χ0) is 33.9. The van der Waals surface area contributed by atoms with E-state index in [1.165, 1.54) is 55.6 Å². The molecule has 0 aliphatic heterocycles. The van der Waals surface area contributed by atoms with Crippen molar-refractivity contribution >= 4 is 0 Å². The van der Waals surface area contributed by atoms with Gasteiger partial charge in [0, 0.05) is 29.1 Å². The van der Waals surface area contributed by atoms with Crippen LogP contribution in [0.15, 0.2) is 164 Å². The Morgan fingerprint density at radius 2 is 0.882 bits per heavy atom. The first kappa shape index (κ1) is 28.9. The van der Waals surface area contributed by atoms with Crippen LogP contribution in [0, 0.1) is 11.3 Å². The molecule has 0 radical (unpaired) electrons. The van der Waals surface area contributed by atoms with E-state index in [2.05, 4.69) is 126 Å². The molecule has 51 heavy (non-hydrogen) atoms. The van der Waals surface area contributed by atoms with Crippen molar-refractivity contribution in [1.29, 1.82) is 5.26 Å². The molecule has 2 heterocycles. The average Bonchev–Trinajstić information content (AvgIpc) is 3.46. The van der Waals surface area contributed by atoms with Crippen LogP contribution in [0.1, 0.15) is 27.8 Å². The number of nitrogens with zero attached hydrogens (tertiary/aromatic N) is 5. The molecule has 236 valence electrons. The van der Waals surface area contributed by atoms with E-state index in [-0.39, 0.29) is 0 Å². The summed E-state index contributed by atoms with van der Waals surface area (Å²) in [4.78, 5) is 19.4. The Morgan fingerprint density at radius 3 is 1.43 bits per heavy atom. The molecule has 0 atom stereocenters. The fourth-order valence-corrected chi connectivity index (χ4v) is 8.14. The predicted molar refractivity (Wildman–Crippen MR) is 200 cm³/mol. The van der Waals surface area contributed by atoms with Gasteiger partial charge in [-0.2, -0.15) is 5.26 Å². The maximum atomic E-state index is 9.44. The SMILES string of the molecule is N#Cc1ccc(-c2nc(-c3cccnc3)nc(-c3ccc4c(c3)C3(c5ccccc5-c5ccccc5-4)c4ccccc4-c4ccccc43)n2)cc1. The Bertz CT molecular complexity index is 2660. The number of rotatable bonds is 3. The average molecular weight is 650 g/mol. The third-order valence-corrected chi connectivity index (χ3v) is 10.3. The lowest BCUT2D eigenvalue weighted by Gasteiger charge is -2.35. The summed E-state index contributed by atoms with van der Waals surface area (Å²) in [6.07, 6.45) is 3.51. The summed E-state index contributed by atoms with van der Waals surface area (Å²) in [5.41, 5.74) is 14.7. The van der Waals surface area contributed by atoms with Gasteiger partial charge in [-0.05, 0) is 98.1 Å². The van der Waals surface area contributed by atoms with E-state index in [1.807, 2.05) is 24.3 Å². The van der Waals surface area contributed by atoms with E-state index in [0.29, 0.717) is 23.0 Å². The number of nitriles is 1. The van der Waals surface area contributed by atoms with Gasteiger partial charge in [0.1, 0.15) is 0 Å². The van der Waals surface area contributed by atoms with E-state index >= 15 is 0 Å². The Kier molecular flexibility index (Phi) is 6.39. The third-order valence-electron chi connectivity index (χ3n) is 10.3. The molecule has 0 fully saturated rings. The highest BCUT2D eigenvalue weighted by molar-refractivity contribution is 5.97. The molecule has 1 spiro atoms. The van der Waals surface area contributed by atoms with E-state index < -0.39 is 5.41 Å². The van der Waals surface area contributed by atoms with Crippen LogP contribution in [0.4, 0.5) is 0 Å². The highest BCUT2D eigenvalue weighted by Crippen LogP contribution is 2.61. The minimum Gasteiger partial charge on any atom is -0.264 e. The largest absolute Gasteiger partial charge is 0.264 e. The normalized spacial score (nSPS) is 12.8. The second kappa shape index (κ2) is 11.3. The fourth-order valence-electron chi connectivity index (χ4n) is 8.14. The maximum Gasteiger partial charge on any atom is 0.165 e. The zero-order valence-corrected chi connectivity index (χ0v) is 27.3. The maximum absolute atomic E-state index is 9.44. The molecule has 0 bridgehead atoms. The Morgan fingerprint density at radius 1 is 0.412 bits per heavy atom. The quantitative estimate of drug-likeness (QED) is 0.190. The lowest BCUT2D eigenvalue weighted by molar-refractivity contribution is 0.775. The number of fused-ring (bicyclic) bond motifs is 12. The standard InChI is InChI=1S/C46H27N5/c47-27-29-19-21-30(22-20-29)43-49-44(51-45(50-43)32-10-9-25-48-28-32)31-23-24-38-34-12-2-1-11-33(34)35-13-3-6-16-39(35)46(42(38)26-31)40-17-7-4-14-36(40)37-15-5-8-18-41(37)46/h1-26,28H. The molecule has 0 saturated carbocycles. The van der Waals surface area contributed by atoms with Gasteiger partial charge in [0.25, 0.3) is 0 Å². The monoisotopic (exact) mass is 649 g/mol. The van der Waals surface area contributed by atoms with Crippen LogP contribution < -0.4 is 0 Å². The van der Waals surface area contributed by atoms with Gasteiger partial charge < -0.3 is 0 Å². The summed E-state index contributed by atoms with van der Waals surface area (Å²) in [6.45, 7) is 0. The second-order valence-electron chi connectivity index (χ2n) is 12.9. The van der Waals surface area contributed by atoms with E-state index in [0.717, 1.165) is 16.7 Å². The Hall–Kier alpha value is -7.03. The number of hydrogen-bond donors (Lipinski definition) is 0. The predicted octanol–water partition coefficient (Wildman–Crippen LogP) is 10.1. The number of hydrogen-bond acceptors (Lipinski definition) is 5. The van der Waals surface area contributed by atoms with Crippen LogP contribution >= 0.6 is 0 Å². The minimum absolute atomic E-state index is 0.528. The van der Waals surface area contributed by atoms with Crippen LogP contribution in [0.5, 0.6) is 0 Å². The van der Waals surface area contributed by atoms with Gasteiger partial charge in [-0.25, -0.2) is 15.0 Å². The smallest absolute Gasteiger partial charge is 0.165 e. The number of aromatic nitrogens is 4. The topological polar surface area (TPSA) is 75.3 Å². The highest BCUT2D eigenvalue weighted by atomic mass is 15.0. The first-order valence-electron chi connectivity index (χ1n) is 16.9. The van der Waals surface area contributed by atoms with Gasteiger partial charge in [-0.15, -0.1) is 0 Å². The third kappa shape index (κ3) is 4.27. The molecule has 0 unspecified atom stereocenters. The van der Waals surface area contributed by atoms with Gasteiger partial charge in [-0.3, -0.25) is 4.98 Å². The van der Waals surface area contributed by atoms with E-state index in [1.54, 1.807) is 24.5 Å². The molecular weight excluding hydrogens is 623 g/mol. The van der Waals surface area contributed by atoms with Crippen LogP contribution in [0.25, 0.3) is 67.5 Å². The van der Waals surface area contributed by atoms with E-state index in [4.69, 9.17) is 15.0 Å². The number of benzene rings is 6. The summed E-state index contributed by atoms with van der Waals surface area (Å²) in [5, 5.41) is 9.44. The molecule has 0 amide bonds. The van der Waals surface area contributed by atoms with Gasteiger partial charge in [0.15, 0.2) is 17.5 Å². The molecule has 0 N–H and O–H groups in total. The summed E-state index contributed by atoms with van der Waals surface area (Å²) in [6, 6.07) is 55.4. The zero-order valence-electron chi connectivity index (χ0n) is 27.3. The van der Waals surface area contributed by atoms with Gasteiger partial charge in [-0.1, -0.05) is 109 Å². The van der Waals surface area contributed by atoms with Crippen molar-refractivity contribution < 1.29 is 0 Å². The van der Waals surface area contributed by atoms with Crippen molar-refractivity contribution in [3.8, 4) is 73.6 Å². The lowest BCUT2D eigenvalue weighted by atomic mass is 9.65. The molecule has 2 aliphatic carbocycles. The van der Waals surface area contributed by atoms with Gasteiger partial charge in [0.05, 0.1) is 17.0 Å². The molecule has 10 rings (SSSR count). The Labute approximate surface area is 295 Å². The Balaban J connectivity index is 1.30. The molecule has 8 aromatic rings. The second-order valence-corrected chi connectivity index (χ2v) is 12.9. The first-order valence-corrected chi connectivity index (χ1v) is 16.9. The summed E-state index contributed by atoms with van der Waals surface area (Å²) < 4.78 is 0. The lowest BCUT2D eigenvalue weighted by Crippen LogP contribution is -2.29. The highest BCUT2D eigenvalue weighted by Gasteiger charge is 2.49. The van der Waals surface area contributed by atoms with Crippen LogP contribution in [0.3, 0.4) is 0 Å². The van der Waals surface area contributed by atoms with Crippen LogP contribution in [-0.4, -0.2) is 19.9 Å². The molecule has 2 aliphatic rings. The molecular formula is C46H27N5. The van der Waals surface area contributed by atoms with Crippen LogP contribution in [0.2, 0.25) is 0 Å². The van der Waals surface area contributed by atoms with Crippen molar-refractivity contribution in [2.45, 2.75) is 5.41 Å². The van der Waals surface area contributed by atoms with Crippen molar-refractivity contribution in [2.24, 2.45) is 0 Å². The molecule has 2 aromatic heterocycles. The van der Waals surface area contributed by atoms with E-state index in [9.17, 15) is 5.26 Å². The summed E-state index contributed by atoms with van der Waals surface area (Å²) in [7, 11) is 0. The van der Waals surface area contributed by atoms with Gasteiger partial charge >= 0.3 is 0 Å². The van der Waals surface area contributed by atoms with Gasteiger partial charge in [0.2, 0.25) is 0 Å². The van der Waals surface area contributed by atoms with Crippen molar-refractivity contribution in [3.05, 3.63) is 192 Å². The summed E-state index contributed by atoms with van der Waals surface area (Å²) >= 11 is 0. The fraction of sp³-hybridized carbons (Fsp3) is 0.0217. The van der Waals surface area contributed by atoms with Crippen molar-refractivity contribution in [1.82, 2.24) is 19.9 Å². The van der Waals surface area contributed by atoms with Crippen molar-refractivity contribution in [2.75, 3.05) is 0 Å². The van der Waals surface area contributed by atoms with Crippen molar-refractivity contribution in [3.63, 3.8) is 0 Å². The molecule has 5 nitrogen and oxygen atoms in total. The molecule has 6 aromatic carbocycles. The first-order chi connectivity index (χ1) is 25.2.